The highest BCUT2D eigenvalue weighted by Crippen LogP contribution is 2.12. The number of hydrogen-bond acceptors (Lipinski definition) is 3. The Kier molecular flexibility index (Phi) is 2.17. The summed E-state index contributed by atoms with van der Waals surface area (Å²) < 4.78 is 5.01. The first-order valence-corrected chi connectivity index (χ1v) is 3.38. The second-order valence-corrected chi connectivity index (χ2v) is 2.42. The number of rotatable bonds is 2. The van der Waals surface area contributed by atoms with Gasteiger partial charge in [-0.25, -0.2) is 0 Å². The highest BCUT2D eigenvalue weighted by Gasteiger charge is 2.26. The summed E-state index contributed by atoms with van der Waals surface area (Å²) in [7, 11) is 0. The van der Waals surface area contributed by atoms with Gasteiger partial charge in [-0.05, 0) is 12.8 Å². The summed E-state index contributed by atoms with van der Waals surface area (Å²) in [4.78, 5) is 21.4. The first kappa shape index (κ1) is 7.41. The Labute approximate surface area is 59.4 Å². The summed E-state index contributed by atoms with van der Waals surface area (Å²) in [6.07, 6.45) is 1.17. The summed E-state index contributed by atoms with van der Waals surface area (Å²) in [6.45, 7) is 1.90. The van der Waals surface area contributed by atoms with Crippen molar-refractivity contribution >= 4 is 11.6 Å². The van der Waals surface area contributed by atoms with Crippen molar-refractivity contribution < 1.29 is 14.3 Å². The minimum Gasteiger partial charge on any atom is -0.370 e. The molecule has 1 unspecified atom stereocenters. The van der Waals surface area contributed by atoms with E-state index in [9.17, 15) is 9.59 Å². The molecule has 0 spiro atoms. The van der Waals surface area contributed by atoms with Gasteiger partial charge in [0.05, 0.1) is 0 Å². The molecule has 3 nitrogen and oxygen atoms in total. The van der Waals surface area contributed by atoms with Crippen LogP contribution < -0.4 is 0 Å². The van der Waals surface area contributed by atoms with Crippen molar-refractivity contribution in [2.45, 2.75) is 25.9 Å². The molecule has 10 heavy (non-hydrogen) atoms. The fourth-order valence-corrected chi connectivity index (χ4v) is 1.01. The van der Waals surface area contributed by atoms with Gasteiger partial charge in [0.25, 0.3) is 0 Å². The Morgan fingerprint density at radius 3 is 2.60 bits per heavy atom. The van der Waals surface area contributed by atoms with Gasteiger partial charge in [-0.1, -0.05) is 0 Å². The van der Waals surface area contributed by atoms with Crippen LogP contribution in [0.4, 0.5) is 0 Å². The Bertz CT molecular complexity index is 156. The van der Waals surface area contributed by atoms with Crippen LogP contribution in [0.3, 0.4) is 0 Å². The van der Waals surface area contributed by atoms with Crippen LogP contribution in [0.25, 0.3) is 0 Å². The molecule has 1 aliphatic rings. The number of carbonyl (C=O) groups excluding carboxylic acids is 2. The maximum atomic E-state index is 10.9. The molecule has 1 saturated heterocycles. The SMILES string of the molecule is CC(=O)C(=O)C1CCCO1. The molecule has 0 aromatic rings. The van der Waals surface area contributed by atoms with Crippen LogP contribution in [0.15, 0.2) is 0 Å². The standard InChI is InChI=1S/C7H10O3/c1-5(8)7(9)6-3-2-4-10-6/h6H,2-4H2,1H3. The number of ketones is 2. The van der Waals surface area contributed by atoms with E-state index in [2.05, 4.69) is 0 Å². The first-order chi connectivity index (χ1) is 4.72. The Morgan fingerprint density at radius 1 is 1.50 bits per heavy atom. The molecule has 1 rings (SSSR count). The van der Waals surface area contributed by atoms with Crippen molar-refractivity contribution in [2.75, 3.05) is 6.61 Å². The zero-order chi connectivity index (χ0) is 7.56. The molecule has 0 aromatic carbocycles. The molecule has 0 amide bonds. The molecule has 0 saturated carbocycles. The third-order valence-electron chi connectivity index (χ3n) is 1.57. The monoisotopic (exact) mass is 142 g/mol. The van der Waals surface area contributed by atoms with Crippen LogP contribution in [0.5, 0.6) is 0 Å². The van der Waals surface area contributed by atoms with Gasteiger partial charge in [0.1, 0.15) is 6.10 Å². The molecule has 56 valence electrons. The van der Waals surface area contributed by atoms with Gasteiger partial charge in [-0.15, -0.1) is 0 Å². The minimum absolute atomic E-state index is 0.377. The number of ether oxygens (including phenoxy) is 1. The molecule has 0 radical (unpaired) electrons. The lowest BCUT2D eigenvalue weighted by Crippen LogP contribution is -2.25. The van der Waals surface area contributed by atoms with Gasteiger partial charge in [-0.2, -0.15) is 0 Å². The average molecular weight is 142 g/mol. The predicted molar refractivity (Wildman–Crippen MR) is 34.7 cm³/mol. The molecular weight excluding hydrogens is 132 g/mol. The summed E-state index contributed by atoms with van der Waals surface area (Å²) >= 11 is 0. The lowest BCUT2D eigenvalue weighted by atomic mass is 10.1. The maximum Gasteiger partial charge on any atom is 0.226 e. The molecule has 1 fully saturated rings. The van der Waals surface area contributed by atoms with Crippen molar-refractivity contribution in [3.63, 3.8) is 0 Å². The van der Waals surface area contributed by atoms with Crippen molar-refractivity contribution in [3.8, 4) is 0 Å². The van der Waals surface area contributed by atoms with Crippen LogP contribution in [-0.4, -0.2) is 24.3 Å². The van der Waals surface area contributed by atoms with Gasteiger partial charge in [-0.3, -0.25) is 9.59 Å². The lowest BCUT2D eigenvalue weighted by molar-refractivity contribution is -0.140. The second kappa shape index (κ2) is 2.92. The zero-order valence-electron chi connectivity index (χ0n) is 5.92. The topological polar surface area (TPSA) is 43.4 Å². The van der Waals surface area contributed by atoms with E-state index < -0.39 is 11.9 Å². The first-order valence-electron chi connectivity index (χ1n) is 3.38. The van der Waals surface area contributed by atoms with Crippen molar-refractivity contribution in [1.82, 2.24) is 0 Å². The van der Waals surface area contributed by atoms with Gasteiger partial charge in [0.2, 0.25) is 5.78 Å². The van der Waals surface area contributed by atoms with Crippen molar-refractivity contribution in [2.24, 2.45) is 0 Å². The Balaban J connectivity index is 2.48. The summed E-state index contributed by atoms with van der Waals surface area (Å²) in [5.74, 6) is -0.774. The molecule has 0 aliphatic carbocycles. The zero-order valence-corrected chi connectivity index (χ0v) is 5.92. The molecule has 1 atom stereocenters. The van der Waals surface area contributed by atoms with Gasteiger partial charge >= 0.3 is 0 Å². The molecule has 3 heteroatoms. The lowest BCUT2D eigenvalue weighted by Gasteiger charge is -2.02. The van der Waals surface area contributed by atoms with Crippen molar-refractivity contribution in [3.05, 3.63) is 0 Å². The van der Waals surface area contributed by atoms with Crippen LogP contribution in [-0.2, 0) is 14.3 Å². The van der Waals surface area contributed by atoms with Gasteiger partial charge < -0.3 is 4.74 Å². The smallest absolute Gasteiger partial charge is 0.226 e. The second-order valence-electron chi connectivity index (χ2n) is 2.42. The maximum absolute atomic E-state index is 10.9. The van der Waals surface area contributed by atoms with E-state index in [0.29, 0.717) is 13.0 Å². The Hall–Kier alpha value is -0.700. The molecular formula is C7H10O3. The van der Waals surface area contributed by atoms with Crippen LogP contribution in [0.2, 0.25) is 0 Å². The average Bonchev–Trinajstić information content (AvgIpc) is 2.36. The van der Waals surface area contributed by atoms with Gasteiger partial charge in [0.15, 0.2) is 5.78 Å². The largest absolute Gasteiger partial charge is 0.370 e. The number of Topliss-reactive ketones (excluding diaryl/α,β-unsaturated/α-hetero) is 2. The van der Waals surface area contributed by atoms with E-state index in [-0.39, 0.29) is 5.78 Å². The molecule has 0 aromatic heterocycles. The summed E-state index contributed by atoms with van der Waals surface area (Å²) in [5, 5.41) is 0. The van der Waals surface area contributed by atoms with Crippen LogP contribution in [0, 0.1) is 0 Å². The molecule has 1 heterocycles. The van der Waals surface area contributed by atoms with Crippen LogP contribution in [0.1, 0.15) is 19.8 Å². The molecule has 0 bridgehead atoms. The minimum atomic E-state index is -0.433. The predicted octanol–water partition coefficient (Wildman–Crippen LogP) is 0.323. The fourth-order valence-electron chi connectivity index (χ4n) is 1.01. The van der Waals surface area contributed by atoms with E-state index in [1.165, 1.54) is 6.92 Å². The number of hydrogen-bond donors (Lipinski definition) is 0. The Morgan fingerprint density at radius 2 is 2.20 bits per heavy atom. The van der Waals surface area contributed by atoms with E-state index in [1.807, 2.05) is 0 Å². The highest BCUT2D eigenvalue weighted by atomic mass is 16.5. The third kappa shape index (κ3) is 1.42. The highest BCUT2D eigenvalue weighted by molar-refractivity contribution is 6.37. The summed E-state index contributed by atoms with van der Waals surface area (Å²) in [6, 6.07) is 0. The van der Waals surface area contributed by atoms with E-state index >= 15 is 0 Å². The van der Waals surface area contributed by atoms with Crippen LogP contribution >= 0.6 is 0 Å². The summed E-state index contributed by atoms with van der Waals surface area (Å²) in [5.41, 5.74) is 0. The third-order valence-corrected chi connectivity index (χ3v) is 1.57. The van der Waals surface area contributed by atoms with E-state index in [4.69, 9.17) is 4.74 Å². The van der Waals surface area contributed by atoms with Gasteiger partial charge in [0, 0.05) is 13.5 Å². The van der Waals surface area contributed by atoms with Crippen molar-refractivity contribution in [1.29, 1.82) is 0 Å². The quantitative estimate of drug-likeness (QED) is 0.521. The normalized spacial score (nSPS) is 24.7. The van der Waals surface area contributed by atoms with E-state index in [0.717, 1.165) is 6.42 Å². The molecule has 1 aliphatic heterocycles. The number of carbonyl (C=O) groups is 2. The van der Waals surface area contributed by atoms with E-state index in [1.54, 1.807) is 0 Å². The molecule has 0 N–H and O–H groups in total. The fraction of sp³-hybridized carbons (Fsp3) is 0.714.